The van der Waals surface area contributed by atoms with Crippen LogP contribution in [0, 0.1) is 0 Å². The standard InChI is InChI=1S/C16H21N3O2S.HI/c1-3-17-16(18-9-12-7-8-22-11-12)19-10-13-5-4-6-14(21-2)15(13)20;/h4-8,11,20H,3,9-10H2,1-2H3,(H2,17,18,19);1H. The topological polar surface area (TPSA) is 65.9 Å². The summed E-state index contributed by atoms with van der Waals surface area (Å²) < 4.78 is 5.11. The molecule has 0 radical (unpaired) electrons. The van der Waals surface area contributed by atoms with Gasteiger partial charge in [-0.1, -0.05) is 12.1 Å². The number of guanidine groups is 1. The van der Waals surface area contributed by atoms with Crippen molar-refractivity contribution in [2.75, 3.05) is 13.7 Å². The van der Waals surface area contributed by atoms with Crippen molar-refractivity contribution in [2.24, 2.45) is 4.99 Å². The van der Waals surface area contributed by atoms with Crippen LogP contribution < -0.4 is 15.4 Å². The van der Waals surface area contributed by atoms with Gasteiger partial charge in [0.25, 0.3) is 0 Å². The molecular formula is C16H22IN3O2S. The molecule has 3 N–H and O–H groups in total. The molecule has 0 bridgehead atoms. The van der Waals surface area contributed by atoms with E-state index in [1.807, 2.05) is 24.4 Å². The number of aromatic hydroxyl groups is 1. The Morgan fingerprint density at radius 2 is 2.13 bits per heavy atom. The molecule has 2 rings (SSSR count). The summed E-state index contributed by atoms with van der Waals surface area (Å²) in [7, 11) is 1.54. The average molecular weight is 447 g/mol. The molecule has 7 heteroatoms. The first-order chi connectivity index (χ1) is 10.7. The van der Waals surface area contributed by atoms with E-state index in [0.29, 0.717) is 18.8 Å². The number of hydrogen-bond acceptors (Lipinski definition) is 4. The van der Waals surface area contributed by atoms with Crippen molar-refractivity contribution in [1.82, 2.24) is 10.6 Å². The third-order valence-corrected chi connectivity index (χ3v) is 3.82. The first kappa shape index (κ1) is 19.6. The van der Waals surface area contributed by atoms with Crippen molar-refractivity contribution in [3.05, 3.63) is 46.2 Å². The predicted molar refractivity (Wildman–Crippen MR) is 106 cm³/mol. The number of ether oxygens (including phenoxy) is 1. The van der Waals surface area contributed by atoms with Gasteiger partial charge in [0.05, 0.1) is 13.7 Å². The SMILES string of the molecule is CCNC(=NCc1ccsc1)NCc1cccc(OC)c1O.I. The van der Waals surface area contributed by atoms with Crippen LogP contribution in [0.15, 0.2) is 40.0 Å². The highest BCUT2D eigenvalue weighted by molar-refractivity contribution is 14.0. The number of phenolic OH excluding ortho intramolecular Hbond substituents is 1. The summed E-state index contributed by atoms with van der Waals surface area (Å²) in [6.07, 6.45) is 0. The zero-order valence-electron chi connectivity index (χ0n) is 13.2. The van der Waals surface area contributed by atoms with Crippen LogP contribution in [0.25, 0.3) is 0 Å². The van der Waals surface area contributed by atoms with E-state index in [1.165, 1.54) is 5.56 Å². The number of benzene rings is 1. The van der Waals surface area contributed by atoms with E-state index in [0.717, 1.165) is 18.1 Å². The zero-order valence-corrected chi connectivity index (χ0v) is 16.4. The Labute approximate surface area is 157 Å². The second kappa shape index (κ2) is 10.3. The number of halogens is 1. The van der Waals surface area contributed by atoms with Crippen molar-refractivity contribution in [3.63, 3.8) is 0 Å². The first-order valence-corrected chi connectivity index (χ1v) is 8.07. The van der Waals surface area contributed by atoms with Crippen LogP contribution in [0.4, 0.5) is 0 Å². The van der Waals surface area contributed by atoms with Crippen molar-refractivity contribution < 1.29 is 9.84 Å². The first-order valence-electron chi connectivity index (χ1n) is 7.12. The minimum atomic E-state index is 0. The fraction of sp³-hybridized carbons (Fsp3) is 0.312. The molecule has 1 heterocycles. The summed E-state index contributed by atoms with van der Waals surface area (Å²) in [5, 5.41) is 20.6. The van der Waals surface area contributed by atoms with Crippen LogP contribution in [0.5, 0.6) is 11.5 Å². The number of nitrogens with zero attached hydrogens (tertiary/aromatic N) is 1. The van der Waals surface area contributed by atoms with Gasteiger partial charge in [-0.05, 0) is 35.4 Å². The summed E-state index contributed by atoms with van der Waals surface area (Å²) in [5.41, 5.74) is 1.95. The fourth-order valence-corrected chi connectivity index (χ4v) is 2.61. The Morgan fingerprint density at radius 3 is 2.78 bits per heavy atom. The van der Waals surface area contributed by atoms with Crippen LogP contribution in [-0.4, -0.2) is 24.7 Å². The lowest BCUT2D eigenvalue weighted by Gasteiger charge is -2.13. The average Bonchev–Trinajstić information content (AvgIpc) is 3.04. The number of hydrogen-bond donors (Lipinski definition) is 3. The molecular weight excluding hydrogens is 425 g/mol. The van der Waals surface area contributed by atoms with Crippen LogP contribution >= 0.6 is 35.3 Å². The lowest BCUT2D eigenvalue weighted by molar-refractivity contribution is 0.370. The second-order valence-electron chi connectivity index (χ2n) is 4.65. The van der Waals surface area contributed by atoms with Gasteiger partial charge in [0.15, 0.2) is 17.5 Å². The minimum absolute atomic E-state index is 0. The van der Waals surface area contributed by atoms with E-state index in [2.05, 4.69) is 27.1 Å². The van der Waals surface area contributed by atoms with Gasteiger partial charge in [-0.15, -0.1) is 24.0 Å². The molecule has 1 aromatic heterocycles. The molecule has 0 unspecified atom stereocenters. The van der Waals surface area contributed by atoms with E-state index in [1.54, 1.807) is 24.5 Å². The van der Waals surface area contributed by atoms with E-state index in [4.69, 9.17) is 4.74 Å². The van der Waals surface area contributed by atoms with Gasteiger partial charge in [0.1, 0.15) is 0 Å². The number of para-hydroxylation sites is 1. The van der Waals surface area contributed by atoms with Crippen molar-refractivity contribution in [1.29, 1.82) is 0 Å². The molecule has 0 aliphatic carbocycles. The molecule has 0 aliphatic heterocycles. The molecule has 23 heavy (non-hydrogen) atoms. The summed E-state index contributed by atoms with van der Waals surface area (Å²) in [6, 6.07) is 7.50. The monoisotopic (exact) mass is 447 g/mol. The molecule has 0 spiro atoms. The number of rotatable bonds is 6. The van der Waals surface area contributed by atoms with Gasteiger partial charge in [-0.25, -0.2) is 4.99 Å². The normalized spacial score (nSPS) is 10.8. The highest BCUT2D eigenvalue weighted by Crippen LogP contribution is 2.29. The molecule has 0 saturated carbocycles. The number of methoxy groups -OCH3 is 1. The molecule has 0 aliphatic rings. The van der Waals surface area contributed by atoms with Crippen molar-refractivity contribution >= 4 is 41.3 Å². The number of nitrogens with one attached hydrogen (secondary N) is 2. The Kier molecular flexibility index (Phi) is 8.78. The lowest BCUT2D eigenvalue weighted by Crippen LogP contribution is -2.36. The third kappa shape index (κ3) is 5.91. The molecule has 126 valence electrons. The van der Waals surface area contributed by atoms with Gasteiger partial charge >= 0.3 is 0 Å². The highest BCUT2D eigenvalue weighted by atomic mass is 127. The summed E-state index contributed by atoms with van der Waals surface area (Å²) in [4.78, 5) is 4.53. The quantitative estimate of drug-likeness (QED) is 0.361. The highest BCUT2D eigenvalue weighted by Gasteiger charge is 2.07. The van der Waals surface area contributed by atoms with Gasteiger partial charge < -0.3 is 20.5 Å². The van der Waals surface area contributed by atoms with Crippen LogP contribution in [0.1, 0.15) is 18.1 Å². The molecule has 0 fully saturated rings. The maximum absolute atomic E-state index is 10.1. The van der Waals surface area contributed by atoms with Crippen molar-refractivity contribution in [3.8, 4) is 11.5 Å². The van der Waals surface area contributed by atoms with E-state index in [9.17, 15) is 5.11 Å². The summed E-state index contributed by atoms with van der Waals surface area (Å²) in [5.74, 6) is 1.35. The maximum Gasteiger partial charge on any atom is 0.191 e. The Morgan fingerprint density at radius 1 is 1.30 bits per heavy atom. The van der Waals surface area contributed by atoms with E-state index < -0.39 is 0 Å². The van der Waals surface area contributed by atoms with E-state index >= 15 is 0 Å². The van der Waals surface area contributed by atoms with Crippen molar-refractivity contribution in [2.45, 2.75) is 20.0 Å². The van der Waals surface area contributed by atoms with Crippen LogP contribution in [0.3, 0.4) is 0 Å². The predicted octanol–water partition coefficient (Wildman–Crippen LogP) is 3.34. The number of aliphatic imine (C=N–C) groups is 1. The zero-order chi connectivity index (χ0) is 15.8. The van der Waals surface area contributed by atoms with Gasteiger partial charge in [0.2, 0.25) is 0 Å². The van der Waals surface area contributed by atoms with E-state index in [-0.39, 0.29) is 29.7 Å². The minimum Gasteiger partial charge on any atom is -0.504 e. The molecule has 1 aromatic carbocycles. The maximum atomic E-state index is 10.1. The molecule has 0 atom stereocenters. The Bertz CT molecular complexity index is 618. The van der Waals surface area contributed by atoms with Crippen LogP contribution in [-0.2, 0) is 13.1 Å². The summed E-state index contributed by atoms with van der Waals surface area (Å²) in [6.45, 7) is 3.89. The Hall–Kier alpha value is -1.48. The van der Waals surface area contributed by atoms with Gasteiger partial charge in [0, 0.05) is 18.7 Å². The molecule has 5 nitrogen and oxygen atoms in total. The molecule has 0 amide bonds. The lowest BCUT2D eigenvalue weighted by atomic mass is 10.2. The Balaban J connectivity index is 0.00000264. The third-order valence-electron chi connectivity index (χ3n) is 3.09. The number of thiophene rings is 1. The summed E-state index contributed by atoms with van der Waals surface area (Å²) >= 11 is 1.66. The number of phenols is 1. The van der Waals surface area contributed by atoms with Crippen LogP contribution in [0.2, 0.25) is 0 Å². The van der Waals surface area contributed by atoms with Gasteiger partial charge in [-0.3, -0.25) is 0 Å². The largest absolute Gasteiger partial charge is 0.504 e. The molecule has 2 aromatic rings. The van der Waals surface area contributed by atoms with Gasteiger partial charge in [-0.2, -0.15) is 11.3 Å². The smallest absolute Gasteiger partial charge is 0.191 e. The molecule has 0 saturated heterocycles. The second-order valence-corrected chi connectivity index (χ2v) is 5.43. The fourth-order valence-electron chi connectivity index (χ4n) is 1.95.